The van der Waals surface area contributed by atoms with Crippen LogP contribution in [-0.4, -0.2) is 37.6 Å². The second-order valence-corrected chi connectivity index (χ2v) is 9.28. The fourth-order valence-corrected chi connectivity index (χ4v) is 5.76. The molecule has 0 spiro atoms. The van der Waals surface area contributed by atoms with Crippen molar-refractivity contribution in [2.45, 2.75) is 46.4 Å². The van der Waals surface area contributed by atoms with E-state index >= 15 is 0 Å². The summed E-state index contributed by atoms with van der Waals surface area (Å²) in [4.78, 5) is -7.66. The summed E-state index contributed by atoms with van der Waals surface area (Å²) in [5.74, 6) is 0. The van der Waals surface area contributed by atoms with Gasteiger partial charge in [0, 0.05) is 0 Å². The molecule has 6 nitrogen and oxygen atoms in total. The molecule has 0 aromatic rings. The Bertz CT molecular complexity index is 597. The summed E-state index contributed by atoms with van der Waals surface area (Å²) in [6.45, 7) is 0. The van der Waals surface area contributed by atoms with E-state index in [2.05, 4.69) is 0 Å². The molecule has 0 bridgehead atoms. The number of sulfone groups is 2. The first-order valence-corrected chi connectivity index (χ1v) is 8.62. The Morgan fingerprint density at radius 2 is 0.909 bits per heavy atom. The van der Waals surface area contributed by atoms with Crippen LogP contribution in [0.1, 0.15) is 25.7 Å². The third-order valence-electron chi connectivity index (χ3n) is 3.63. The van der Waals surface area contributed by atoms with Crippen molar-refractivity contribution in [3.8, 4) is 0 Å². The molecule has 132 valence electrons. The Morgan fingerprint density at radius 1 is 0.682 bits per heavy atom. The molecule has 4 N–H and O–H groups in total. The lowest BCUT2D eigenvalue weighted by atomic mass is 9.90. The van der Waals surface area contributed by atoms with Crippen LogP contribution in [0.5, 0.6) is 0 Å². The Hall–Kier alpha value is -0.600. The van der Waals surface area contributed by atoms with Gasteiger partial charge in [0.1, 0.15) is 0 Å². The van der Waals surface area contributed by atoms with Gasteiger partial charge in [-0.1, -0.05) is 12.8 Å². The summed E-state index contributed by atoms with van der Waals surface area (Å²) >= 11 is 0. The highest BCUT2D eigenvalue weighted by Crippen LogP contribution is 2.49. The first-order chi connectivity index (χ1) is 9.46. The number of hydrogen-bond donors (Lipinski definition) is 2. The number of halogens is 6. The molecule has 0 saturated heterocycles. The molecule has 0 aliphatic heterocycles. The predicted octanol–water partition coefficient (Wildman–Crippen LogP) is 0.740. The molecular weight excluding hydrogens is 366 g/mol. The van der Waals surface area contributed by atoms with E-state index in [0.717, 1.165) is 0 Å². The van der Waals surface area contributed by atoms with E-state index < -0.39 is 53.3 Å². The average Bonchev–Trinajstić information content (AvgIpc) is 2.29. The van der Waals surface area contributed by atoms with E-state index in [1.165, 1.54) is 0 Å². The van der Waals surface area contributed by atoms with Crippen LogP contribution >= 0.6 is 0 Å². The average molecular weight is 378 g/mol. The van der Waals surface area contributed by atoms with Crippen LogP contribution in [0, 0.1) is 0 Å². The summed E-state index contributed by atoms with van der Waals surface area (Å²) in [6, 6.07) is 0. The second kappa shape index (κ2) is 4.95. The first-order valence-electron chi connectivity index (χ1n) is 5.65. The van der Waals surface area contributed by atoms with Crippen LogP contribution in [0.3, 0.4) is 0 Å². The molecule has 0 aromatic carbocycles. The monoisotopic (exact) mass is 378 g/mol. The topological polar surface area (TPSA) is 120 Å². The van der Waals surface area contributed by atoms with Crippen molar-refractivity contribution in [3.05, 3.63) is 0 Å². The maximum atomic E-state index is 12.7. The van der Waals surface area contributed by atoms with E-state index in [9.17, 15) is 43.2 Å². The minimum absolute atomic E-state index is 0.321. The molecule has 1 fully saturated rings. The zero-order chi connectivity index (χ0) is 17.8. The molecule has 14 heteroatoms. The lowest BCUT2D eigenvalue weighted by Gasteiger charge is -2.47. The molecule has 1 rings (SSSR count). The molecule has 0 heterocycles. The quantitative estimate of drug-likeness (QED) is 0.684. The summed E-state index contributed by atoms with van der Waals surface area (Å²) < 4.78 is 122. The molecule has 1 aliphatic carbocycles. The van der Waals surface area contributed by atoms with E-state index in [-0.39, 0.29) is 12.8 Å². The third-order valence-corrected chi connectivity index (χ3v) is 8.03. The maximum absolute atomic E-state index is 12.7. The molecular formula is C8H12F6N2O4S2. The largest absolute Gasteiger partial charge is 0.499 e. The third kappa shape index (κ3) is 2.30. The van der Waals surface area contributed by atoms with Gasteiger partial charge >= 0.3 is 11.0 Å². The maximum Gasteiger partial charge on any atom is 0.499 e. The van der Waals surface area contributed by atoms with Crippen LogP contribution in [0.2, 0.25) is 0 Å². The van der Waals surface area contributed by atoms with Crippen molar-refractivity contribution in [2.75, 3.05) is 0 Å². The summed E-state index contributed by atoms with van der Waals surface area (Å²) in [5, 5.41) is 0. The smallest absolute Gasteiger partial charge is 0.310 e. The fourth-order valence-electron chi connectivity index (χ4n) is 2.34. The van der Waals surface area contributed by atoms with Gasteiger partial charge in [-0.3, -0.25) is 0 Å². The lowest BCUT2D eigenvalue weighted by Crippen LogP contribution is -2.77. The molecule has 0 aromatic heterocycles. The molecule has 1 aliphatic rings. The first kappa shape index (κ1) is 19.4. The van der Waals surface area contributed by atoms with Crippen molar-refractivity contribution >= 4 is 19.7 Å². The van der Waals surface area contributed by atoms with Gasteiger partial charge in [0.2, 0.25) is 0 Å². The fraction of sp³-hybridized carbons (Fsp3) is 1.00. The molecule has 1 unspecified atom stereocenters. The van der Waals surface area contributed by atoms with Gasteiger partial charge in [-0.15, -0.1) is 0 Å². The van der Waals surface area contributed by atoms with Crippen LogP contribution in [0.4, 0.5) is 26.3 Å². The lowest BCUT2D eigenvalue weighted by molar-refractivity contribution is -0.0521. The van der Waals surface area contributed by atoms with Crippen molar-refractivity contribution < 1.29 is 43.2 Å². The van der Waals surface area contributed by atoms with E-state index in [1.807, 2.05) is 0 Å². The van der Waals surface area contributed by atoms with Gasteiger partial charge < -0.3 is 11.5 Å². The van der Waals surface area contributed by atoms with Gasteiger partial charge in [0.15, 0.2) is 9.74 Å². The highest BCUT2D eigenvalue weighted by molar-refractivity contribution is 7.97. The predicted molar refractivity (Wildman–Crippen MR) is 62.3 cm³/mol. The second-order valence-electron chi connectivity index (χ2n) is 4.88. The number of hydrogen-bond acceptors (Lipinski definition) is 6. The minimum Gasteiger partial charge on any atom is -0.310 e. The zero-order valence-electron chi connectivity index (χ0n) is 10.7. The van der Waals surface area contributed by atoms with Crippen LogP contribution in [0.15, 0.2) is 0 Å². The standard InChI is InChI=1S/C8H12F6N2O4S2/c9-7(10,11)21(17,18)5(15)3-1-2-4-6(5,16)22(19,20)8(12,13)14/h1-4,15-16H2/t5-,6?/m1/s1. The summed E-state index contributed by atoms with van der Waals surface area (Å²) in [6.07, 6.45) is -2.97. The number of nitrogens with two attached hydrogens (primary N) is 2. The minimum atomic E-state index is -6.48. The highest BCUT2D eigenvalue weighted by Gasteiger charge is 2.74. The van der Waals surface area contributed by atoms with Crippen molar-refractivity contribution in [3.63, 3.8) is 0 Å². The SMILES string of the molecule is NC1(S(=O)(=O)C(F)(F)F)CCCC[C@@]1(N)S(=O)(=O)C(F)(F)F. The van der Waals surface area contributed by atoms with E-state index in [1.54, 1.807) is 0 Å². The molecule has 2 atom stereocenters. The van der Waals surface area contributed by atoms with Crippen LogP contribution in [-0.2, 0) is 19.7 Å². The Labute approximate surface area is 121 Å². The van der Waals surface area contributed by atoms with E-state index in [4.69, 9.17) is 11.5 Å². The van der Waals surface area contributed by atoms with Crippen molar-refractivity contribution in [2.24, 2.45) is 11.5 Å². The molecule has 0 amide bonds. The summed E-state index contributed by atoms with van der Waals surface area (Å²) in [7, 11) is -13.0. The molecule has 1 saturated carbocycles. The van der Waals surface area contributed by atoms with Crippen LogP contribution in [0.25, 0.3) is 0 Å². The van der Waals surface area contributed by atoms with E-state index in [0.29, 0.717) is 0 Å². The Kier molecular flexibility index (Phi) is 4.37. The van der Waals surface area contributed by atoms with Gasteiger partial charge in [-0.05, 0) is 12.8 Å². The normalized spacial score (nSPS) is 32.0. The highest BCUT2D eigenvalue weighted by atomic mass is 32.2. The van der Waals surface area contributed by atoms with Gasteiger partial charge in [0.25, 0.3) is 19.7 Å². The number of rotatable bonds is 2. The number of alkyl halides is 6. The zero-order valence-corrected chi connectivity index (χ0v) is 12.3. The Morgan fingerprint density at radius 3 is 1.09 bits per heavy atom. The van der Waals surface area contributed by atoms with Crippen LogP contribution < -0.4 is 11.5 Å². The van der Waals surface area contributed by atoms with Gasteiger partial charge in [-0.2, -0.15) is 26.3 Å². The summed E-state index contributed by atoms with van der Waals surface area (Å²) in [5.41, 5.74) is -1.96. The Balaban J connectivity index is 3.73. The molecule has 22 heavy (non-hydrogen) atoms. The van der Waals surface area contributed by atoms with Gasteiger partial charge in [0.05, 0.1) is 0 Å². The van der Waals surface area contributed by atoms with Crippen molar-refractivity contribution in [1.29, 1.82) is 0 Å². The molecule has 0 radical (unpaired) electrons. The van der Waals surface area contributed by atoms with Crippen molar-refractivity contribution in [1.82, 2.24) is 0 Å². The van der Waals surface area contributed by atoms with Gasteiger partial charge in [-0.25, -0.2) is 16.8 Å².